The average molecular weight is 280 g/mol. The molecular formula is C15H25NSSi. The Morgan fingerprint density at radius 3 is 2.44 bits per heavy atom. The maximum atomic E-state index is 2.60. The third kappa shape index (κ3) is 4.14. The van der Waals surface area contributed by atoms with E-state index in [0.717, 1.165) is 6.54 Å². The van der Waals surface area contributed by atoms with Crippen LogP contribution in [0.3, 0.4) is 0 Å². The molecule has 18 heavy (non-hydrogen) atoms. The monoisotopic (exact) mass is 279 g/mol. The summed E-state index contributed by atoms with van der Waals surface area (Å²) in [5, 5.41) is 1.57. The van der Waals surface area contributed by atoms with E-state index < -0.39 is 8.07 Å². The van der Waals surface area contributed by atoms with Crippen LogP contribution in [0.5, 0.6) is 0 Å². The van der Waals surface area contributed by atoms with Gasteiger partial charge in [-0.1, -0.05) is 49.1 Å². The minimum atomic E-state index is -1.13. The maximum absolute atomic E-state index is 2.60. The van der Waals surface area contributed by atoms with Crippen LogP contribution in [0.15, 0.2) is 24.3 Å². The van der Waals surface area contributed by atoms with Crippen molar-refractivity contribution >= 4 is 25.0 Å². The molecule has 100 valence electrons. The molecule has 1 aromatic carbocycles. The van der Waals surface area contributed by atoms with Crippen LogP contribution < -0.4 is 5.19 Å². The lowest BCUT2D eigenvalue weighted by Crippen LogP contribution is -2.37. The molecule has 1 aromatic rings. The van der Waals surface area contributed by atoms with Gasteiger partial charge in [0, 0.05) is 18.8 Å². The lowest BCUT2D eigenvalue weighted by atomic mass is 10.2. The molecule has 0 saturated carbocycles. The van der Waals surface area contributed by atoms with Gasteiger partial charge in [-0.2, -0.15) is 11.8 Å². The molecular weight excluding hydrogens is 254 g/mol. The van der Waals surface area contributed by atoms with E-state index in [4.69, 9.17) is 0 Å². The van der Waals surface area contributed by atoms with Crippen LogP contribution in [-0.2, 0) is 6.54 Å². The molecule has 1 aliphatic rings. The number of benzene rings is 1. The van der Waals surface area contributed by atoms with E-state index in [0.29, 0.717) is 0 Å². The molecule has 0 spiro atoms. The number of hydrogen-bond acceptors (Lipinski definition) is 2. The quantitative estimate of drug-likeness (QED) is 0.782. The van der Waals surface area contributed by atoms with Crippen LogP contribution in [0, 0.1) is 0 Å². The number of thioether (sulfide) groups is 1. The third-order valence-electron chi connectivity index (χ3n) is 3.54. The van der Waals surface area contributed by atoms with Crippen molar-refractivity contribution in [3.63, 3.8) is 0 Å². The van der Waals surface area contributed by atoms with E-state index in [9.17, 15) is 0 Å². The van der Waals surface area contributed by atoms with Crippen molar-refractivity contribution in [2.24, 2.45) is 0 Å². The van der Waals surface area contributed by atoms with Crippen molar-refractivity contribution in [1.29, 1.82) is 0 Å². The normalized spacial score (nSPS) is 18.6. The van der Waals surface area contributed by atoms with Crippen LogP contribution in [0.2, 0.25) is 19.6 Å². The fraction of sp³-hybridized carbons (Fsp3) is 0.600. The SMILES string of the molecule is C[Si](C)(C)c1ccc(CN2CCCSCC2)cc1. The van der Waals surface area contributed by atoms with Gasteiger partial charge < -0.3 is 0 Å². The molecule has 0 radical (unpaired) electrons. The first-order valence-corrected chi connectivity index (χ1v) is 11.6. The van der Waals surface area contributed by atoms with Gasteiger partial charge in [-0.15, -0.1) is 0 Å². The Kier molecular flexibility index (Phi) is 4.93. The van der Waals surface area contributed by atoms with Crippen molar-refractivity contribution in [3.05, 3.63) is 29.8 Å². The number of hydrogen-bond donors (Lipinski definition) is 0. The van der Waals surface area contributed by atoms with Crippen LogP contribution in [0.1, 0.15) is 12.0 Å². The summed E-state index contributed by atoms with van der Waals surface area (Å²) >= 11 is 2.10. The Labute approximate surface area is 117 Å². The highest BCUT2D eigenvalue weighted by Crippen LogP contribution is 2.13. The Morgan fingerprint density at radius 2 is 1.78 bits per heavy atom. The summed E-state index contributed by atoms with van der Waals surface area (Å²) < 4.78 is 0. The van der Waals surface area contributed by atoms with Crippen LogP contribution in [-0.4, -0.2) is 37.6 Å². The van der Waals surface area contributed by atoms with Crippen LogP contribution in [0.4, 0.5) is 0 Å². The predicted octanol–water partition coefficient (Wildman–Crippen LogP) is 3.17. The third-order valence-corrected chi connectivity index (χ3v) is 6.65. The maximum Gasteiger partial charge on any atom is 0.0775 e. The zero-order chi connectivity index (χ0) is 13.0. The van der Waals surface area contributed by atoms with Gasteiger partial charge in [-0.25, -0.2) is 0 Å². The van der Waals surface area contributed by atoms with Crippen molar-refractivity contribution in [2.45, 2.75) is 32.6 Å². The first kappa shape index (κ1) is 14.2. The van der Waals surface area contributed by atoms with Gasteiger partial charge in [-0.05, 0) is 24.3 Å². The molecule has 1 fully saturated rings. The Balaban J connectivity index is 1.97. The van der Waals surface area contributed by atoms with Gasteiger partial charge in [0.25, 0.3) is 0 Å². The lowest BCUT2D eigenvalue weighted by Gasteiger charge is -2.21. The highest BCUT2D eigenvalue weighted by molar-refractivity contribution is 7.99. The Morgan fingerprint density at radius 1 is 1.06 bits per heavy atom. The lowest BCUT2D eigenvalue weighted by molar-refractivity contribution is 0.287. The second kappa shape index (κ2) is 6.26. The zero-order valence-electron chi connectivity index (χ0n) is 11.9. The molecule has 0 bridgehead atoms. The van der Waals surface area contributed by atoms with Crippen molar-refractivity contribution in [2.75, 3.05) is 24.6 Å². The fourth-order valence-corrected chi connectivity index (χ4v) is 4.42. The minimum absolute atomic E-state index is 1.13. The Hall–Kier alpha value is -0.253. The molecule has 0 unspecified atom stereocenters. The molecule has 1 aliphatic heterocycles. The second-order valence-corrected chi connectivity index (χ2v) is 12.5. The summed E-state index contributed by atoms with van der Waals surface area (Å²) in [6.07, 6.45) is 1.34. The highest BCUT2D eigenvalue weighted by atomic mass is 32.2. The standard InChI is InChI=1S/C15H25NSSi/c1-18(2,3)15-7-5-14(6-8-15)13-16-9-4-11-17-12-10-16/h5-8H,4,9-13H2,1-3H3. The van der Waals surface area contributed by atoms with Gasteiger partial charge in [0.15, 0.2) is 0 Å². The largest absolute Gasteiger partial charge is 0.298 e. The zero-order valence-corrected chi connectivity index (χ0v) is 13.7. The molecule has 1 saturated heterocycles. The highest BCUT2D eigenvalue weighted by Gasteiger charge is 2.16. The second-order valence-electron chi connectivity index (χ2n) is 6.19. The molecule has 1 nitrogen and oxygen atoms in total. The van der Waals surface area contributed by atoms with Crippen molar-refractivity contribution in [1.82, 2.24) is 4.90 Å². The fourth-order valence-electron chi connectivity index (χ4n) is 2.32. The molecule has 0 amide bonds. The number of rotatable bonds is 3. The van der Waals surface area contributed by atoms with Gasteiger partial charge in [0.2, 0.25) is 0 Å². The van der Waals surface area contributed by atoms with Gasteiger partial charge in [-0.3, -0.25) is 4.90 Å². The summed E-state index contributed by atoms with van der Waals surface area (Å²) in [5.74, 6) is 2.64. The van der Waals surface area contributed by atoms with Crippen molar-refractivity contribution < 1.29 is 0 Å². The van der Waals surface area contributed by atoms with E-state index in [1.807, 2.05) is 0 Å². The number of nitrogens with zero attached hydrogens (tertiary/aromatic N) is 1. The first-order chi connectivity index (χ1) is 8.55. The van der Waals surface area contributed by atoms with Crippen LogP contribution in [0.25, 0.3) is 0 Å². The van der Waals surface area contributed by atoms with Gasteiger partial charge in [0.1, 0.15) is 0 Å². The van der Waals surface area contributed by atoms with Crippen molar-refractivity contribution in [3.8, 4) is 0 Å². The van der Waals surface area contributed by atoms with E-state index in [-0.39, 0.29) is 0 Å². The summed E-state index contributed by atoms with van der Waals surface area (Å²) in [4.78, 5) is 2.60. The van der Waals surface area contributed by atoms with E-state index in [1.54, 1.807) is 5.19 Å². The predicted molar refractivity (Wildman–Crippen MR) is 86.6 cm³/mol. The molecule has 1 heterocycles. The molecule has 2 rings (SSSR count). The Bertz CT molecular complexity index is 361. The summed E-state index contributed by atoms with van der Waals surface area (Å²) in [5.41, 5.74) is 1.48. The molecule has 0 aromatic heterocycles. The van der Waals surface area contributed by atoms with Gasteiger partial charge in [0.05, 0.1) is 8.07 Å². The molecule has 0 atom stereocenters. The smallest absolute Gasteiger partial charge is 0.0775 e. The van der Waals surface area contributed by atoms with Crippen LogP contribution >= 0.6 is 11.8 Å². The molecule has 3 heteroatoms. The van der Waals surface area contributed by atoms with E-state index in [2.05, 4.69) is 60.6 Å². The summed E-state index contributed by atoms with van der Waals surface area (Å²) in [7, 11) is -1.13. The molecule has 0 N–H and O–H groups in total. The first-order valence-electron chi connectivity index (χ1n) is 6.95. The minimum Gasteiger partial charge on any atom is -0.298 e. The van der Waals surface area contributed by atoms with Gasteiger partial charge >= 0.3 is 0 Å². The van der Waals surface area contributed by atoms with E-state index in [1.165, 1.54) is 36.6 Å². The summed E-state index contributed by atoms with van der Waals surface area (Å²) in [6, 6.07) is 9.39. The summed E-state index contributed by atoms with van der Waals surface area (Å²) in [6.45, 7) is 10.9. The molecule has 0 aliphatic carbocycles. The topological polar surface area (TPSA) is 3.24 Å². The average Bonchev–Trinajstić information content (AvgIpc) is 2.57. The van der Waals surface area contributed by atoms with E-state index >= 15 is 0 Å².